The van der Waals surface area contributed by atoms with Crippen LogP contribution in [0.4, 0.5) is 26.3 Å². The number of likely N-dealkylation sites (N-methyl/N-ethyl adjacent to an activating group) is 1. The first-order valence-electron chi connectivity index (χ1n) is 11.7. The van der Waals surface area contributed by atoms with E-state index in [0.717, 1.165) is 45.5 Å². The van der Waals surface area contributed by atoms with Crippen molar-refractivity contribution in [2.45, 2.75) is 49.8 Å². The van der Waals surface area contributed by atoms with E-state index in [1.54, 1.807) is 18.5 Å². The van der Waals surface area contributed by atoms with Gasteiger partial charge in [0.2, 0.25) is 0 Å². The van der Waals surface area contributed by atoms with Gasteiger partial charge in [-0.25, -0.2) is 9.59 Å². The van der Waals surface area contributed by atoms with Crippen LogP contribution in [0.15, 0.2) is 47.5 Å². The van der Waals surface area contributed by atoms with Gasteiger partial charge >= 0.3 is 24.3 Å². The van der Waals surface area contributed by atoms with Crippen molar-refractivity contribution in [1.29, 1.82) is 0 Å². The maximum atomic E-state index is 12.5. The number of carboxylic acids is 2. The third kappa shape index (κ3) is 9.82. The molecule has 4 rings (SSSR count). The van der Waals surface area contributed by atoms with Crippen molar-refractivity contribution >= 4 is 17.8 Å². The molecule has 4 heterocycles. The second-order valence-corrected chi connectivity index (χ2v) is 9.04. The molecule has 0 bridgehead atoms. The highest BCUT2D eigenvalue weighted by molar-refractivity contribution is 5.93. The summed E-state index contributed by atoms with van der Waals surface area (Å²) in [6.45, 7) is 3.11. The topological polar surface area (TPSA) is 133 Å². The first-order chi connectivity index (χ1) is 18.5. The third-order valence-electron chi connectivity index (χ3n) is 6.18. The maximum Gasteiger partial charge on any atom is 0.490 e. The van der Waals surface area contributed by atoms with Crippen LogP contribution in [0.2, 0.25) is 0 Å². The summed E-state index contributed by atoms with van der Waals surface area (Å²) >= 11 is 0. The second kappa shape index (κ2) is 13.6. The average Bonchev–Trinajstić information content (AvgIpc) is 3.56. The van der Waals surface area contributed by atoms with Crippen molar-refractivity contribution in [2.75, 3.05) is 26.7 Å². The summed E-state index contributed by atoms with van der Waals surface area (Å²) in [7, 11) is 2.15. The highest BCUT2D eigenvalue weighted by Gasteiger charge is 2.44. The number of likely N-dealkylation sites (tertiary alicyclic amines) is 1. The Morgan fingerprint density at radius 2 is 1.65 bits per heavy atom. The largest absolute Gasteiger partial charge is 0.490 e. The molecular weight excluding hydrogens is 556 g/mol. The number of alkyl halides is 6. The van der Waals surface area contributed by atoms with Gasteiger partial charge in [0, 0.05) is 38.1 Å². The van der Waals surface area contributed by atoms with E-state index in [4.69, 9.17) is 29.0 Å². The molecule has 2 aromatic heterocycles. The number of hydrogen-bond donors (Lipinski definition) is 2. The van der Waals surface area contributed by atoms with E-state index in [9.17, 15) is 31.1 Å². The fraction of sp³-hybridized carbons (Fsp3) is 0.500. The van der Waals surface area contributed by atoms with Crippen LogP contribution in [-0.2, 0) is 20.9 Å². The molecule has 222 valence electrons. The van der Waals surface area contributed by atoms with Crippen molar-refractivity contribution in [3.8, 4) is 0 Å². The Morgan fingerprint density at radius 3 is 2.10 bits per heavy atom. The highest BCUT2D eigenvalue weighted by Crippen LogP contribution is 2.38. The van der Waals surface area contributed by atoms with Gasteiger partial charge in [-0.1, -0.05) is 6.07 Å². The lowest BCUT2D eigenvalue weighted by Crippen LogP contribution is -2.47. The van der Waals surface area contributed by atoms with Crippen LogP contribution >= 0.6 is 0 Å². The number of nitrogens with zero attached hydrogens (tertiary/aromatic N) is 3. The summed E-state index contributed by atoms with van der Waals surface area (Å²) in [4.78, 5) is 38.7. The van der Waals surface area contributed by atoms with Crippen LogP contribution in [0.3, 0.4) is 0 Å². The monoisotopic (exact) mass is 583 g/mol. The number of furan rings is 1. The molecule has 1 amide bonds. The molecule has 1 atom stereocenters. The third-order valence-corrected chi connectivity index (χ3v) is 6.18. The van der Waals surface area contributed by atoms with Crippen LogP contribution in [-0.4, -0.2) is 93.6 Å². The zero-order chi connectivity index (χ0) is 30.1. The Kier molecular flexibility index (Phi) is 11.1. The quantitative estimate of drug-likeness (QED) is 0.515. The molecule has 16 heteroatoms. The van der Waals surface area contributed by atoms with E-state index in [-0.39, 0.29) is 11.5 Å². The minimum atomic E-state index is -5.08. The number of carbonyl (C=O) groups is 3. The van der Waals surface area contributed by atoms with Crippen LogP contribution in [0, 0.1) is 0 Å². The lowest BCUT2D eigenvalue weighted by atomic mass is 9.87. The van der Waals surface area contributed by atoms with Crippen molar-refractivity contribution in [1.82, 2.24) is 14.8 Å². The summed E-state index contributed by atoms with van der Waals surface area (Å²) in [6, 6.07) is 6.21. The van der Waals surface area contributed by atoms with Crippen LogP contribution in [0.1, 0.15) is 35.2 Å². The standard InChI is InChI=1S/C20H25N3O3.2C2HF3O2/c1-22(13-16-3-2-7-21-12-16)18-11-20(26-15-18)5-8-23(9-6-20)19(24)17-4-10-25-14-17;2*3-2(4,5)1(6)7/h2-4,7,10,12,14,18H,5-6,8-9,11,13,15H2,1H3;2*(H,6,7). The van der Waals surface area contributed by atoms with Gasteiger partial charge in [-0.2, -0.15) is 26.3 Å². The number of aromatic nitrogens is 1. The predicted molar refractivity (Wildman–Crippen MR) is 124 cm³/mol. The number of carboxylic acid groups (broad SMARTS) is 2. The summed E-state index contributed by atoms with van der Waals surface area (Å²) in [5.41, 5.74) is 1.76. The van der Waals surface area contributed by atoms with E-state index >= 15 is 0 Å². The minimum absolute atomic E-state index is 0.0526. The van der Waals surface area contributed by atoms with Crippen LogP contribution < -0.4 is 0 Å². The second-order valence-electron chi connectivity index (χ2n) is 9.04. The van der Waals surface area contributed by atoms with Gasteiger partial charge in [-0.05, 0) is 44.0 Å². The first kappa shape index (κ1) is 32.6. The van der Waals surface area contributed by atoms with Gasteiger partial charge < -0.3 is 24.3 Å². The number of piperidine rings is 1. The molecule has 1 spiro atoms. The molecule has 0 radical (unpaired) electrons. The van der Waals surface area contributed by atoms with E-state index in [0.29, 0.717) is 11.6 Å². The molecule has 1 unspecified atom stereocenters. The maximum absolute atomic E-state index is 12.5. The van der Waals surface area contributed by atoms with Gasteiger partial charge in [0.05, 0.1) is 24.0 Å². The van der Waals surface area contributed by atoms with Crippen molar-refractivity contribution in [3.05, 3.63) is 54.2 Å². The van der Waals surface area contributed by atoms with Gasteiger partial charge in [-0.15, -0.1) is 0 Å². The van der Waals surface area contributed by atoms with Gasteiger partial charge in [0.25, 0.3) is 5.91 Å². The van der Waals surface area contributed by atoms with Crippen LogP contribution in [0.5, 0.6) is 0 Å². The molecule has 2 saturated heterocycles. The summed E-state index contributed by atoms with van der Waals surface area (Å²) in [5.74, 6) is -5.46. The molecule has 0 aliphatic carbocycles. The highest BCUT2D eigenvalue weighted by atomic mass is 19.4. The lowest BCUT2D eigenvalue weighted by Gasteiger charge is -2.38. The number of ether oxygens (including phenoxy) is 1. The fourth-order valence-electron chi connectivity index (χ4n) is 4.05. The van der Waals surface area contributed by atoms with E-state index in [1.807, 2.05) is 17.2 Å². The van der Waals surface area contributed by atoms with Gasteiger partial charge in [0.15, 0.2) is 0 Å². The predicted octanol–water partition coefficient (Wildman–Crippen LogP) is 3.84. The van der Waals surface area contributed by atoms with E-state index in [1.165, 1.54) is 11.8 Å². The molecule has 0 saturated carbocycles. The van der Waals surface area contributed by atoms with Crippen molar-refractivity contribution < 1.29 is 60.1 Å². The van der Waals surface area contributed by atoms with Crippen molar-refractivity contribution in [3.63, 3.8) is 0 Å². The summed E-state index contributed by atoms with van der Waals surface area (Å²) < 4.78 is 74.8. The van der Waals surface area contributed by atoms with Gasteiger partial charge in [-0.3, -0.25) is 14.7 Å². The average molecular weight is 583 g/mol. The minimum Gasteiger partial charge on any atom is -0.475 e. The Morgan fingerprint density at radius 1 is 1.07 bits per heavy atom. The molecular formula is C24H27F6N3O7. The molecule has 40 heavy (non-hydrogen) atoms. The Balaban J connectivity index is 0.000000333. The Labute approximate surface area is 224 Å². The van der Waals surface area contributed by atoms with Crippen LogP contribution in [0.25, 0.3) is 0 Å². The molecule has 0 aromatic carbocycles. The zero-order valence-corrected chi connectivity index (χ0v) is 21.1. The first-order valence-corrected chi connectivity index (χ1v) is 11.7. The van der Waals surface area contributed by atoms with E-state index < -0.39 is 24.3 Å². The number of pyridine rings is 1. The molecule has 2 N–H and O–H groups in total. The Bertz CT molecular complexity index is 1080. The molecule has 10 nitrogen and oxygen atoms in total. The SMILES string of the molecule is CN(Cc1cccnc1)C1COC2(CCN(C(=O)c3ccoc3)CC2)C1.O=C(O)C(F)(F)F.O=C(O)C(F)(F)F. The zero-order valence-electron chi connectivity index (χ0n) is 21.1. The van der Waals surface area contributed by atoms with Crippen molar-refractivity contribution in [2.24, 2.45) is 0 Å². The number of hydrogen-bond acceptors (Lipinski definition) is 7. The number of amides is 1. The normalized spacial score (nSPS) is 18.4. The summed E-state index contributed by atoms with van der Waals surface area (Å²) in [5, 5.41) is 14.2. The number of carbonyl (C=O) groups excluding carboxylic acids is 1. The van der Waals surface area contributed by atoms with E-state index in [2.05, 4.69) is 23.0 Å². The summed E-state index contributed by atoms with van der Waals surface area (Å²) in [6.07, 6.45) is -0.569. The number of aliphatic carboxylic acids is 2. The smallest absolute Gasteiger partial charge is 0.475 e. The molecule has 2 fully saturated rings. The lowest BCUT2D eigenvalue weighted by molar-refractivity contribution is -0.193. The fourth-order valence-corrected chi connectivity index (χ4v) is 4.05. The molecule has 2 aromatic rings. The molecule has 2 aliphatic heterocycles. The Hall–Kier alpha value is -3.66. The van der Waals surface area contributed by atoms with Gasteiger partial charge in [0.1, 0.15) is 6.26 Å². The molecule has 2 aliphatic rings. The number of rotatable bonds is 4. The number of halogens is 6.